The topological polar surface area (TPSA) is 49.4 Å². The largest absolute Gasteiger partial charge is 0.313 e. The average Bonchev–Trinajstić information content (AvgIpc) is 2.83. The van der Waals surface area contributed by atoms with Crippen LogP contribution in [0.3, 0.4) is 0 Å². The van der Waals surface area contributed by atoms with Crippen molar-refractivity contribution >= 4 is 11.8 Å². The third kappa shape index (κ3) is 3.51. The van der Waals surface area contributed by atoms with Crippen molar-refractivity contribution in [1.29, 1.82) is 0 Å². The summed E-state index contributed by atoms with van der Waals surface area (Å²) in [6.45, 7) is 1.78. The van der Waals surface area contributed by atoms with Gasteiger partial charge in [-0.05, 0) is 49.2 Å². The minimum atomic E-state index is -0.236. The smallest absolute Gasteiger partial charge is 0.261 e. The Labute approximate surface area is 140 Å². The molecule has 2 aromatic rings. The van der Waals surface area contributed by atoms with Gasteiger partial charge in [0, 0.05) is 13.1 Å². The lowest BCUT2D eigenvalue weighted by Gasteiger charge is -2.13. The van der Waals surface area contributed by atoms with Crippen molar-refractivity contribution in [3.05, 3.63) is 71.0 Å². The lowest BCUT2D eigenvalue weighted by Crippen LogP contribution is -2.31. The molecule has 0 spiro atoms. The number of amides is 2. The Hall–Kier alpha value is -2.53. The summed E-state index contributed by atoms with van der Waals surface area (Å²) < 4.78 is 13.1. The second-order valence-corrected chi connectivity index (χ2v) is 5.82. The zero-order valence-corrected chi connectivity index (χ0v) is 13.3. The predicted octanol–water partition coefficient (Wildman–Crippen LogP) is 2.99. The number of benzene rings is 2. The lowest BCUT2D eigenvalue weighted by molar-refractivity contribution is 0.0651. The lowest BCUT2D eigenvalue weighted by atomic mass is 10.1. The van der Waals surface area contributed by atoms with Gasteiger partial charge in [-0.15, -0.1) is 0 Å². The number of unbranched alkanes of at least 4 members (excludes halogenated alkanes) is 1. The third-order valence-electron chi connectivity index (χ3n) is 4.08. The fraction of sp³-hybridized carbons (Fsp3) is 0.263. The molecule has 0 bridgehead atoms. The van der Waals surface area contributed by atoms with Crippen LogP contribution < -0.4 is 5.32 Å². The standard InChI is InChI=1S/C19H19FN2O2/c20-15-7-5-6-14(12-15)13-21-10-3-4-11-22-18(23)16-8-1-2-9-17(16)19(22)24/h1-2,5-9,12,21H,3-4,10-11,13H2. The van der Waals surface area contributed by atoms with E-state index in [4.69, 9.17) is 0 Å². The number of fused-ring (bicyclic) bond motifs is 1. The summed E-state index contributed by atoms with van der Waals surface area (Å²) in [6.07, 6.45) is 1.57. The highest BCUT2D eigenvalue weighted by molar-refractivity contribution is 6.21. The normalized spacial score (nSPS) is 13.5. The highest BCUT2D eigenvalue weighted by atomic mass is 19.1. The van der Waals surface area contributed by atoms with Crippen molar-refractivity contribution in [3.8, 4) is 0 Å². The maximum atomic E-state index is 13.1. The van der Waals surface area contributed by atoms with Gasteiger partial charge in [0.1, 0.15) is 5.82 Å². The molecule has 0 radical (unpaired) electrons. The van der Waals surface area contributed by atoms with Crippen molar-refractivity contribution in [2.24, 2.45) is 0 Å². The van der Waals surface area contributed by atoms with Gasteiger partial charge in [0.25, 0.3) is 11.8 Å². The first kappa shape index (κ1) is 16.3. The Bertz CT molecular complexity index is 726. The summed E-state index contributed by atoms with van der Waals surface area (Å²) in [6, 6.07) is 13.4. The van der Waals surface area contributed by atoms with E-state index in [0.29, 0.717) is 24.2 Å². The SMILES string of the molecule is O=C1c2ccccc2C(=O)N1CCCCNCc1cccc(F)c1. The van der Waals surface area contributed by atoms with E-state index in [9.17, 15) is 14.0 Å². The molecule has 0 unspecified atom stereocenters. The van der Waals surface area contributed by atoms with E-state index in [0.717, 1.165) is 24.9 Å². The predicted molar refractivity (Wildman–Crippen MR) is 89.1 cm³/mol. The summed E-state index contributed by atoms with van der Waals surface area (Å²) in [7, 11) is 0. The molecule has 1 aliphatic heterocycles. The first-order valence-corrected chi connectivity index (χ1v) is 8.07. The van der Waals surface area contributed by atoms with E-state index in [1.807, 2.05) is 6.07 Å². The van der Waals surface area contributed by atoms with Crippen LogP contribution in [0.2, 0.25) is 0 Å². The van der Waals surface area contributed by atoms with E-state index in [1.54, 1.807) is 30.3 Å². The first-order chi connectivity index (χ1) is 11.7. The highest BCUT2D eigenvalue weighted by Crippen LogP contribution is 2.22. The van der Waals surface area contributed by atoms with Gasteiger partial charge >= 0.3 is 0 Å². The molecule has 0 saturated carbocycles. The molecule has 24 heavy (non-hydrogen) atoms. The highest BCUT2D eigenvalue weighted by Gasteiger charge is 2.34. The molecule has 1 aliphatic rings. The number of hydrogen-bond acceptors (Lipinski definition) is 3. The molecule has 1 heterocycles. The summed E-state index contributed by atoms with van der Waals surface area (Å²) >= 11 is 0. The van der Waals surface area contributed by atoms with Crippen molar-refractivity contribution in [2.75, 3.05) is 13.1 Å². The molecular formula is C19H19FN2O2. The summed E-state index contributed by atoms with van der Waals surface area (Å²) in [5, 5.41) is 3.24. The number of carbonyl (C=O) groups is 2. The number of nitrogens with one attached hydrogen (secondary N) is 1. The van der Waals surface area contributed by atoms with Gasteiger partial charge in [-0.2, -0.15) is 0 Å². The van der Waals surface area contributed by atoms with Crippen molar-refractivity contribution in [3.63, 3.8) is 0 Å². The number of nitrogens with zero attached hydrogens (tertiary/aromatic N) is 1. The number of hydrogen-bond donors (Lipinski definition) is 1. The van der Waals surface area contributed by atoms with Gasteiger partial charge < -0.3 is 5.32 Å². The van der Waals surface area contributed by atoms with Crippen LogP contribution in [0.25, 0.3) is 0 Å². The fourth-order valence-corrected chi connectivity index (χ4v) is 2.84. The first-order valence-electron chi connectivity index (χ1n) is 8.07. The molecule has 0 aliphatic carbocycles. The molecule has 3 rings (SSSR count). The van der Waals surface area contributed by atoms with Crippen LogP contribution in [0.15, 0.2) is 48.5 Å². The number of rotatable bonds is 7. The van der Waals surface area contributed by atoms with Crippen LogP contribution in [0.1, 0.15) is 39.1 Å². The Morgan fingerprint density at radius 2 is 1.62 bits per heavy atom. The molecule has 0 fully saturated rings. The van der Waals surface area contributed by atoms with Gasteiger partial charge in [-0.3, -0.25) is 14.5 Å². The Kier molecular flexibility index (Phi) is 5.01. The number of halogens is 1. The molecule has 1 N–H and O–H groups in total. The molecule has 2 aromatic carbocycles. The van der Waals surface area contributed by atoms with Gasteiger partial charge in [0.15, 0.2) is 0 Å². The van der Waals surface area contributed by atoms with E-state index in [-0.39, 0.29) is 17.6 Å². The minimum absolute atomic E-state index is 0.205. The van der Waals surface area contributed by atoms with E-state index < -0.39 is 0 Å². The maximum absolute atomic E-state index is 13.1. The average molecular weight is 326 g/mol. The van der Waals surface area contributed by atoms with Gasteiger partial charge in [-0.1, -0.05) is 24.3 Å². The molecule has 0 aromatic heterocycles. The van der Waals surface area contributed by atoms with Crippen molar-refractivity contribution in [1.82, 2.24) is 10.2 Å². The van der Waals surface area contributed by atoms with Crippen LogP contribution in [-0.4, -0.2) is 29.8 Å². The monoisotopic (exact) mass is 326 g/mol. The van der Waals surface area contributed by atoms with Crippen LogP contribution in [0, 0.1) is 5.82 Å². The summed E-state index contributed by atoms with van der Waals surface area (Å²) in [5.74, 6) is -0.647. The van der Waals surface area contributed by atoms with Crippen LogP contribution in [0.4, 0.5) is 4.39 Å². The minimum Gasteiger partial charge on any atom is -0.313 e. The van der Waals surface area contributed by atoms with Gasteiger partial charge in [-0.25, -0.2) is 4.39 Å². The second-order valence-electron chi connectivity index (χ2n) is 5.82. The number of carbonyl (C=O) groups excluding carboxylic acids is 2. The number of imide groups is 1. The van der Waals surface area contributed by atoms with Crippen LogP contribution in [0.5, 0.6) is 0 Å². The van der Waals surface area contributed by atoms with Crippen LogP contribution >= 0.6 is 0 Å². The molecule has 0 atom stereocenters. The quantitative estimate of drug-likeness (QED) is 0.628. The molecule has 0 saturated heterocycles. The summed E-state index contributed by atoms with van der Waals surface area (Å²) in [4.78, 5) is 25.7. The van der Waals surface area contributed by atoms with Crippen LogP contribution in [-0.2, 0) is 6.54 Å². The molecule has 5 heteroatoms. The van der Waals surface area contributed by atoms with E-state index >= 15 is 0 Å². The van der Waals surface area contributed by atoms with E-state index in [2.05, 4.69) is 5.32 Å². The zero-order chi connectivity index (χ0) is 16.9. The second kappa shape index (κ2) is 7.36. The van der Waals surface area contributed by atoms with Gasteiger partial charge in [0.2, 0.25) is 0 Å². The van der Waals surface area contributed by atoms with Crippen molar-refractivity contribution in [2.45, 2.75) is 19.4 Å². The van der Waals surface area contributed by atoms with E-state index in [1.165, 1.54) is 17.0 Å². The Balaban J connectivity index is 1.40. The van der Waals surface area contributed by atoms with Crippen molar-refractivity contribution < 1.29 is 14.0 Å². The molecular weight excluding hydrogens is 307 g/mol. The van der Waals surface area contributed by atoms with Gasteiger partial charge in [0.05, 0.1) is 11.1 Å². The Morgan fingerprint density at radius 3 is 2.29 bits per heavy atom. The molecule has 4 nitrogen and oxygen atoms in total. The molecule has 124 valence electrons. The summed E-state index contributed by atoms with van der Waals surface area (Å²) in [5.41, 5.74) is 1.88. The Morgan fingerprint density at radius 1 is 0.917 bits per heavy atom. The maximum Gasteiger partial charge on any atom is 0.261 e. The zero-order valence-electron chi connectivity index (χ0n) is 13.3. The third-order valence-corrected chi connectivity index (χ3v) is 4.08. The fourth-order valence-electron chi connectivity index (χ4n) is 2.84. The molecule has 2 amide bonds.